The number of rotatable bonds is 4. The molecule has 0 saturated heterocycles. The smallest absolute Gasteiger partial charge is 0.224 e. The second-order valence-electron chi connectivity index (χ2n) is 7.41. The molecule has 1 fully saturated rings. The van der Waals surface area contributed by atoms with Crippen molar-refractivity contribution < 1.29 is 4.79 Å². The van der Waals surface area contributed by atoms with Gasteiger partial charge in [0.25, 0.3) is 0 Å². The van der Waals surface area contributed by atoms with E-state index in [1.165, 1.54) is 11.1 Å². The number of hydrogen-bond donors (Lipinski definition) is 1. The Morgan fingerprint density at radius 3 is 3.00 bits per heavy atom. The zero-order valence-electron chi connectivity index (χ0n) is 14.7. The molecule has 27 heavy (non-hydrogen) atoms. The highest BCUT2D eigenvalue weighted by Gasteiger charge is 2.47. The van der Waals surface area contributed by atoms with Crippen LogP contribution in [0.25, 0.3) is 11.0 Å². The molecule has 0 spiro atoms. The van der Waals surface area contributed by atoms with Crippen LogP contribution in [0.15, 0.2) is 36.4 Å². The van der Waals surface area contributed by atoms with Crippen molar-refractivity contribution in [2.45, 2.75) is 38.3 Å². The van der Waals surface area contributed by atoms with Gasteiger partial charge in [0.2, 0.25) is 5.91 Å². The summed E-state index contributed by atoms with van der Waals surface area (Å²) < 4.78 is 2.34. The van der Waals surface area contributed by atoms with E-state index in [1.807, 2.05) is 6.07 Å². The van der Waals surface area contributed by atoms with E-state index >= 15 is 0 Å². The molecule has 2 aliphatic rings. The van der Waals surface area contributed by atoms with E-state index in [-0.39, 0.29) is 17.7 Å². The van der Waals surface area contributed by atoms with Crippen molar-refractivity contribution in [1.82, 2.24) is 14.9 Å². The fourth-order valence-corrected chi connectivity index (χ4v) is 4.64. The number of benzene rings is 2. The molecule has 1 aromatic heterocycles. The number of carbonyl (C=O) groups excluding carboxylic acids is 1. The van der Waals surface area contributed by atoms with E-state index < -0.39 is 0 Å². The number of imidazole rings is 1. The van der Waals surface area contributed by atoms with Crippen LogP contribution < -0.4 is 5.32 Å². The molecule has 5 rings (SSSR count). The first kappa shape index (κ1) is 17.1. The summed E-state index contributed by atoms with van der Waals surface area (Å²) in [4.78, 5) is 17.5. The van der Waals surface area contributed by atoms with E-state index in [4.69, 9.17) is 28.2 Å². The van der Waals surface area contributed by atoms with Gasteiger partial charge in [-0.3, -0.25) is 4.79 Å². The Morgan fingerprint density at radius 1 is 1.26 bits per heavy atom. The average molecular weight is 400 g/mol. The first-order valence-corrected chi connectivity index (χ1v) is 10.1. The molecular weight excluding hydrogens is 381 g/mol. The molecule has 0 bridgehead atoms. The maximum absolute atomic E-state index is 12.6. The third kappa shape index (κ3) is 3.01. The Hall–Kier alpha value is -2.04. The van der Waals surface area contributed by atoms with Crippen LogP contribution in [0.4, 0.5) is 0 Å². The Balaban J connectivity index is 1.32. The molecule has 1 N–H and O–H groups in total. The van der Waals surface area contributed by atoms with Gasteiger partial charge < -0.3 is 9.88 Å². The molecule has 2 heterocycles. The van der Waals surface area contributed by atoms with Gasteiger partial charge in [-0.05, 0) is 48.6 Å². The Morgan fingerprint density at radius 2 is 2.15 bits per heavy atom. The minimum absolute atomic E-state index is 0.00508. The lowest BCUT2D eigenvalue weighted by Crippen LogP contribution is -2.25. The average Bonchev–Trinajstić information content (AvgIpc) is 3.37. The summed E-state index contributed by atoms with van der Waals surface area (Å²) >= 11 is 12.1. The van der Waals surface area contributed by atoms with Crippen LogP contribution in [0.1, 0.15) is 35.7 Å². The van der Waals surface area contributed by atoms with Gasteiger partial charge in [0, 0.05) is 35.0 Å². The molecule has 1 amide bonds. The van der Waals surface area contributed by atoms with Gasteiger partial charge in [0.05, 0.1) is 11.0 Å². The van der Waals surface area contributed by atoms with Crippen molar-refractivity contribution in [3.05, 3.63) is 63.4 Å². The summed E-state index contributed by atoms with van der Waals surface area (Å²) in [5.41, 5.74) is 4.56. The van der Waals surface area contributed by atoms with Crippen LogP contribution in [0.5, 0.6) is 0 Å². The van der Waals surface area contributed by atoms with Gasteiger partial charge in [-0.15, -0.1) is 0 Å². The third-order valence-electron chi connectivity index (χ3n) is 5.63. The molecule has 1 saturated carbocycles. The number of aryl methyl sites for hydroxylation is 2. The highest BCUT2D eigenvalue weighted by atomic mass is 35.5. The van der Waals surface area contributed by atoms with Crippen molar-refractivity contribution in [1.29, 1.82) is 0 Å². The Labute approximate surface area is 167 Å². The zero-order valence-corrected chi connectivity index (χ0v) is 16.2. The van der Waals surface area contributed by atoms with E-state index in [2.05, 4.69) is 28.1 Å². The van der Waals surface area contributed by atoms with Crippen molar-refractivity contribution in [3.8, 4) is 0 Å². The molecule has 4 nitrogen and oxygen atoms in total. The summed E-state index contributed by atoms with van der Waals surface area (Å²) in [5.74, 6) is 1.35. The summed E-state index contributed by atoms with van der Waals surface area (Å²) in [7, 11) is 0. The quantitative estimate of drug-likeness (QED) is 0.690. The number of hydrogen-bond acceptors (Lipinski definition) is 2. The van der Waals surface area contributed by atoms with Crippen LogP contribution in [0, 0.1) is 5.92 Å². The van der Waals surface area contributed by atoms with Crippen LogP contribution in [0.3, 0.4) is 0 Å². The lowest BCUT2D eigenvalue weighted by atomic mass is 10.0. The Bertz CT molecular complexity index is 1060. The second-order valence-corrected chi connectivity index (χ2v) is 8.26. The molecule has 1 aliphatic carbocycles. The van der Waals surface area contributed by atoms with E-state index in [0.29, 0.717) is 16.6 Å². The molecule has 3 aromatic rings. The van der Waals surface area contributed by atoms with Gasteiger partial charge >= 0.3 is 0 Å². The van der Waals surface area contributed by atoms with Crippen LogP contribution in [-0.2, 0) is 24.3 Å². The number of halogens is 2. The van der Waals surface area contributed by atoms with Crippen LogP contribution in [0.2, 0.25) is 10.0 Å². The fourth-order valence-electron chi connectivity index (χ4n) is 4.17. The molecule has 2 atom stereocenters. The Kier molecular flexibility index (Phi) is 4.14. The van der Waals surface area contributed by atoms with Gasteiger partial charge in [0.1, 0.15) is 5.82 Å². The first-order valence-electron chi connectivity index (χ1n) is 9.31. The summed E-state index contributed by atoms with van der Waals surface area (Å²) in [6, 6.07) is 11.7. The number of nitrogens with one attached hydrogen (secondary N) is 1. The zero-order chi connectivity index (χ0) is 18.5. The van der Waals surface area contributed by atoms with Crippen molar-refractivity contribution in [3.63, 3.8) is 0 Å². The predicted molar refractivity (Wildman–Crippen MR) is 107 cm³/mol. The molecular formula is C21H19Cl2N3O. The molecule has 2 unspecified atom stereocenters. The third-order valence-corrected chi connectivity index (χ3v) is 6.22. The topological polar surface area (TPSA) is 46.9 Å². The molecule has 6 heteroatoms. The molecule has 138 valence electrons. The molecule has 0 radical (unpaired) electrons. The monoisotopic (exact) mass is 399 g/mol. The van der Waals surface area contributed by atoms with Crippen molar-refractivity contribution in [2.75, 3.05) is 0 Å². The minimum atomic E-state index is -0.00508. The van der Waals surface area contributed by atoms with Gasteiger partial charge in [-0.2, -0.15) is 0 Å². The molecule has 1 aliphatic heterocycles. The van der Waals surface area contributed by atoms with E-state index in [9.17, 15) is 4.79 Å². The number of carbonyl (C=O) groups is 1. The van der Waals surface area contributed by atoms with Crippen LogP contribution >= 0.6 is 23.2 Å². The van der Waals surface area contributed by atoms with E-state index in [1.54, 1.807) is 12.1 Å². The van der Waals surface area contributed by atoms with E-state index in [0.717, 1.165) is 42.7 Å². The highest BCUT2D eigenvalue weighted by molar-refractivity contribution is 6.35. The van der Waals surface area contributed by atoms with Gasteiger partial charge in [-0.1, -0.05) is 41.4 Å². The standard InChI is InChI=1S/C21H19Cl2N3O/c22-14-7-6-13(17(23)9-14)11-24-21(27)16-10-15(16)20-25-18-5-1-3-12-4-2-8-26(20)19(12)18/h1,3,5-7,9,15-16H,2,4,8,10-11H2,(H,24,27). The summed E-state index contributed by atoms with van der Waals surface area (Å²) in [6.07, 6.45) is 3.10. The largest absolute Gasteiger partial charge is 0.352 e. The maximum atomic E-state index is 12.6. The SMILES string of the molecule is O=C(NCc1ccc(Cl)cc1Cl)C1CC1c1nc2cccc3c2n1CCC3. The number of amides is 1. The summed E-state index contributed by atoms with van der Waals surface area (Å²) in [5, 5.41) is 4.18. The number of para-hydroxylation sites is 1. The van der Waals surface area contributed by atoms with Crippen molar-refractivity contribution >= 4 is 40.1 Å². The molecule has 2 aromatic carbocycles. The van der Waals surface area contributed by atoms with Crippen LogP contribution in [-0.4, -0.2) is 15.5 Å². The van der Waals surface area contributed by atoms with Gasteiger partial charge in [0.15, 0.2) is 0 Å². The lowest BCUT2D eigenvalue weighted by molar-refractivity contribution is -0.122. The predicted octanol–water partition coefficient (Wildman–Crippen LogP) is 4.71. The van der Waals surface area contributed by atoms with Crippen molar-refractivity contribution in [2.24, 2.45) is 5.92 Å². The van der Waals surface area contributed by atoms with Gasteiger partial charge in [-0.25, -0.2) is 4.98 Å². The second kappa shape index (κ2) is 6.54. The normalized spacial score (nSPS) is 20.7. The highest BCUT2D eigenvalue weighted by Crippen LogP contribution is 2.48. The fraction of sp³-hybridized carbons (Fsp3) is 0.333. The number of aromatic nitrogens is 2. The minimum Gasteiger partial charge on any atom is -0.352 e. The lowest BCUT2D eigenvalue weighted by Gasteiger charge is -2.16. The maximum Gasteiger partial charge on any atom is 0.224 e. The first-order chi connectivity index (χ1) is 13.1. The summed E-state index contributed by atoms with van der Waals surface area (Å²) in [6.45, 7) is 1.41. The number of nitrogens with zero attached hydrogens (tertiary/aromatic N) is 2.